The third-order valence-corrected chi connectivity index (χ3v) is 3.66. The number of nitrogens with one attached hydrogen (secondary N) is 1. The lowest BCUT2D eigenvalue weighted by Crippen LogP contribution is -2.45. The SMILES string of the molecule is CCC1CCC(NC)C(OC(C)COC)C1. The Morgan fingerprint density at radius 1 is 1.38 bits per heavy atom. The normalized spacial score (nSPS) is 32.6. The van der Waals surface area contributed by atoms with Gasteiger partial charge in [-0.3, -0.25) is 0 Å². The molecule has 0 heterocycles. The minimum atomic E-state index is 0.196. The largest absolute Gasteiger partial charge is 0.382 e. The molecule has 1 N–H and O–H groups in total. The molecule has 0 aromatic heterocycles. The predicted molar refractivity (Wildman–Crippen MR) is 66.7 cm³/mol. The fourth-order valence-corrected chi connectivity index (χ4v) is 2.64. The highest BCUT2D eigenvalue weighted by molar-refractivity contribution is 4.85. The van der Waals surface area contributed by atoms with Crippen LogP contribution in [0.1, 0.15) is 39.5 Å². The van der Waals surface area contributed by atoms with Crippen molar-refractivity contribution in [3.63, 3.8) is 0 Å². The fourth-order valence-electron chi connectivity index (χ4n) is 2.64. The average Bonchev–Trinajstić information content (AvgIpc) is 2.29. The van der Waals surface area contributed by atoms with Gasteiger partial charge in [-0.25, -0.2) is 0 Å². The van der Waals surface area contributed by atoms with Gasteiger partial charge in [0.15, 0.2) is 0 Å². The Morgan fingerprint density at radius 2 is 2.12 bits per heavy atom. The monoisotopic (exact) mass is 229 g/mol. The van der Waals surface area contributed by atoms with Gasteiger partial charge in [0.2, 0.25) is 0 Å². The number of rotatable bonds is 6. The van der Waals surface area contributed by atoms with Gasteiger partial charge in [0, 0.05) is 13.2 Å². The van der Waals surface area contributed by atoms with Gasteiger partial charge in [0.05, 0.1) is 18.8 Å². The Kier molecular flexibility index (Phi) is 6.32. The lowest BCUT2D eigenvalue weighted by atomic mass is 9.82. The van der Waals surface area contributed by atoms with Crippen LogP contribution < -0.4 is 5.32 Å². The first-order chi connectivity index (χ1) is 7.71. The highest BCUT2D eigenvalue weighted by Gasteiger charge is 2.30. The van der Waals surface area contributed by atoms with Gasteiger partial charge in [-0.05, 0) is 39.2 Å². The number of ether oxygens (including phenoxy) is 2. The van der Waals surface area contributed by atoms with Crippen LogP contribution in [0.3, 0.4) is 0 Å². The maximum atomic E-state index is 6.08. The Morgan fingerprint density at radius 3 is 2.69 bits per heavy atom. The van der Waals surface area contributed by atoms with E-state index >= 15 is 0 Å². The van der Waals surface area contributed by atoms with E-state index in [1.165, 1.54) is 25.7 Å². The van der Waals surface area contributed by atoms with Crippen molar-refractivity contribution in [3.05, 3.63) is 0 Å². The molecule has 1 rings (SSSR count). The third kappa shape index (κ3) is 4.04. The zero-order chi connectivity index (χ0) is 12.0. The molecule has 0 aliphatic heterocycles. The molecule has 1 aliphatic rings. The number of hydrogen-bond donors (Lipinski definition) is 1. The molecule has 3 heteroatoms. The molecule has 4 unspecified atom stereocenters. The van der Waals surface area contributed by atoms with Crippen molar-refractivity contribution in [2.45, 2.75) is 57.8 Å². The maximum absolute atomic E-state index is 6.08. The summed E-state index contributed by atoms with van der Waals surface area (Å²) in [4.78, 5) is 0. The van der Waals surface area contributed by atoms with Crippen LogP contribution in [0.4, 0.5) is 0 Å². The van der Waals surface area contributed by atoms with Crippen molar-refractivity contribution in [2.75, 3.05) is 20.8 Å². The van der Waals surface area contributed by atoms with Crippen LogP contribution in [0.2, 0.25) is 0 Å². The van der Waals surface area contributed by atoms with E-state index < -0.39 is 0 Å². The summed E-state index contributed by atoms with van der Waals surface area (Å²) in [6.45, 7) is 5.05. The van der Waals surface area contributed by atoms with E-state index in [1.54, 1.807) is 7.11 Å². The smallest absolute Gasteiger partial charge is 0.0784 e. The molecule has 0 saturated heterocycles. The van der Waals surface area contributed by atoms with Gasteiger partial charge >= 0.3 is 0 Å². The first kappa shape index (κ1) is 13.9. The van der Waals surface area contributed by atoms with Crippen molar-refractivity contribution >= 4 is 0 Å². The lowest BCUT2D eigenvalue weighted by molar-refractivity contribution is -0.0729. The first-order valence-electron chi connectivity index (χ1n) is 6.52. The Balaban J connectivity index is 2.44. The van der Waals surface area contributed by atoms with Gasteiger partial charge < -0.3 is 14.8 Å². The molecular formula is C13H27NO2. The minimum absolute atomic E-state index is 0.196. The molecule has 0 spiro atoms. The Bertz CT molecular complexity index is 187. The molecule has 4 atom stereocenters. The summed E-state index contributed by atoms with van der Waals surface area (Å²) in [5, 5.41) is 3.38. The van der Waals surface area contributed by atoms with Crippen LogP contribution in [0.5, 0.6) is 0 Å². The van der Waals surface area contributed by atoms with E-state index in [-0.39, 0.29) is 6.10 Å². The number of methoxy groups -OCH3 is 1. The molecule has 1 aliphatic carbocycles. The van der Waals surface area contributed by atoms with E-state index in [1.807, 2.05) is 7.05 Å². The standard InChI is InChI=1S/C13H27NO2/c1-5-11-6-7-12(14-3)13(8-11)16-10(2)9-15-4/h10-14H,5-9H2,1-4H3. The summed E-state index contributed by atoms with van der Waals surface area (Å²) in [6, 6.07) is 0.516. The summed E-state index contributed by atoms with van der Waals surface area (Å²) in [7, 11) is 3.76. The van der Waals surface area contributed by atoms with Gasteiger partial charge in [0.1, 0.15) is 0 Å². The van der Waals surface area contributed by atoms with Crippen LogP contribution in [-0.4, -0.2) is 39.0 Å². The Hall–Kier alpha value is -0.120. The molecule has 96 valence electrons. The van der Waals surface area contributed by atoms with Crippen LogP contribution >= 0.6 is 0 Å². The zero-order valence-corrected chi connectivity index (χ0v) is 11.2. The van der Waals surface area contributed by atoms with Crippen LogP contribution in [0.15, 0.2) is 0 Å². The molecule has 3 nitrogen and oxygen atoms in total. The molecule has 0 bridgehead atoms. The van der Waals surface area contributed by atoms with Gasteiger partial charge in [-0.1, -0.05) is 13.3 Å². The highest BCUT2D eigenvalue weighted by atomic mass is 16.5. The molecule has 1 fully saturated rings. The summed E-state index contributed by atoms with van der Waals surface area (Å²) >= 11 is 0. The van der Waals surface area contributed by atoms with Crippen LogP contribution in [0.25, 0.3) is 0 Å². The molecule has 1 saturated carbocycles. The van der Waals surface area contributed by atoms with Crippen molar-refractivity contribution in [2.24, 2.45) is 5.92 Å². The van der Waals surface area contributed by atoms with Crippen molar-refractivity contribution in [1.82, 2.24) is 5.32 Å². The van der Waals surface area contributed by atoms with Crippen LogP contribution in [0, 0.1) is 5.92 Å². The topological polar surface area (TPSA) is 30.5 Å². The zero-order valence-electron chi connectivity index (χ0n) is 11.2. The van der Waals surface area contributed by atoms with E-state index in [2.05, 4.69) is 19.2 Å². The molecular weight excluding hydrogens is 202 g/mol. The van der Waals surface area contributed by atoms with Crippen molar-refractivity contribution in [1.29, 1.82) is 0 Å². The summed E-state index contributed by atoms with van der Waals surface area (Å²) < 4.78 is 11.2. The van der Waals surface area contributed by atoms with E-state index in [4.69, 9.17) is 9.47 Å². The van der Waals surface area contributed by atoms with Gasteiger partial charge in [0.25, 0.3) is 0 Å². The quantitative estimate of drug-likeness (QED) is 0.757. The molecule has 0 aromatic rings. The molecule has 0 amide bonds. The molecule has 0 radical (unpaired) electrons. The second kappa shape index (κ2) is 7.25. The van der Waals surface area contributed by atoms with E-state index in [9.17, 15) is 0 Å². The van der Waals surface area contributed by atoms with Gasteiger partial charge in [-0.15, -0.1) is 0 Å². The number of hydrogen-bond acceptors (Lipinski definition) is 3. The van der Waals surface area contributed by atoms with Crippen molar-refractivity contribution < 1.29 is 9.47 Å². The lowest BCUT2D eigenvalue weighted by Gasteiger charge is -2.37. The van der Waals surface area contributed by atoms with Crippen LogP contribution in [-0.2, 0) is 9.47 Å². The summed E-state index contributed by atoms with van der Waals surface area (Å²) in [5.74, 6) is 0.837. The first-order valence-corrected chi connectivity index (χ1v) is 6.52. The average molecular weight is 229 g/mol. The maximum Gasteiger partial charge on any atom is 0.0784 e. The van der Waals surface area contributed by atoms with Crippen molar-refractivity contribution in [3.8, 4) is 0 Å². The highest BCUT2D eigenvalue weighted by Crippen LogP contribution is 2.29. The van der Waals surface area contributed by atoms with E-state index in [0.717, 1.165) is 5.92 Å². The molecule has 16 heavy (non-hydrogen) atoms. The van der Waals surface area contributed by atoms with E-state index in [0.29, 0.717) is 18.8 Å². The fraction of sp³-hybridized carbons (Fsp3) is 1.00. The van der Waals surface area contributed by atoms with Gasteiger partial charge in [-0.2, -0.15) is 0 Å². The summed E-state index contributed by atoms with van der Waals surface area (Å²) in [5.41, 5.74) is 0. The predicted octanol–water partition coefficient (Wildman–Crippen LogP) is 2.20. The second-order valence-electron chi connectivity index (χ2n) is 4.92. The Labute approximate surface area is 99.9 Å². The second-order valence-corrected chi connectivity index (χ2v) is 4.92. The minimum Gasteiger partial charge on any atom is -0.382 e. The number of likely N-dealkylation sites (N-methyl/N-ethyl adjacent to an activating group) is 1. The molecule has 0 aromatic carbocycles. The third-order valence-electron chi connectivity index (χ3n) is 3.66. The summed E-state index contributed by atoms with van der Waals surface area (Å²) in [6.07, 6.45) is 5.58.